The average Bonchev–Trinajstić information content (AvgIpc) is 2.62. The quantitative estimate of drug-likeness (QED) is 0.261. The summed E-state index contributed by atoms with van der Waals surface area (Å²) in [5.41, 5.74) is -3.89. The van der Waals surface area contributed by atoms with E-state index in [1.54, 1.807) is 24.3 Å². The van der Waals surface area contributed by atoms with Gasteiger partial charge in [-0.2, -0.15) is 21.6 Å². The van der Waals surface area contributed by atoms with Gasteiger partial charge in [-0.3, -0.25) is 0 Å². The summed E-state index contributed by atoms with van der Waals surface area (Å²) in [6.45, 7) is 7.09. The summed E-state index contributed by atoms with van der Waals surface area (Å²) < 4.78 is 70.9. The van der Waals surface area contributed by atoms with Crippen LogP contribution < -0.4 is 8.92 Å². The van der Waals surface area contributed by atoms with Crippen molar-refractivity contribution < 1.29 is 30.5 Å². The molecular formula is C18H8F3NO4S. The topological polar surface area (TPSA) is 57.0 Å². The van der Waals surface area contributed by atoms with Crippen LogP contribution in [0.4, 0.5) is 18.9 Å². The Morgan fingerprint density at radius 3 is 2.44 bits per heavy atom. The summed E-state index contributed by atoms with van der Waals surface area (Å²) >= 11 is 0. The number of benzene rings is 3. The highest BCUT2D eigenvalue weighted by atomic mass is 32.2. The predicted molar refractivity (Wildman–Crippen MR) is 91.3 cm³/mol. The van der Waals surface area contributed by atoms with Crippen molar-refractivity contribution in [1.29, 1.82) is 0 Å². The van der Waals surface area contributed by atoms with Crippen LogP contribution in [0, 0.1) is 6.57 Å². The van der Waals surface area contributed by atoms with Crippen molar-refractivity contribution in [3.63, 3.8) is 0 Å². The van der Waals surface area contributed by atoms with Gasteiger partial charge in [-0.15, -0.1) is 0 Å². The van der Waals surface area contributed by atoms with Gasteiger partial charge in [-0.1, -0.05) is 24.3 Å². The van der Waals surface area contributed by atoms with E-state index in [0.717, 1.165) is 0 Å². The number of fused-ring (bicyclic) bond motifs is 2. The second kappa shape index (κ2) is 5.62. The lowest BCUT2D eigenvalue weighted by Gasteiger charge is -2.22. The second-order valence-electron chi connectivity index (χ2n) is 5.67. The molecule has 0 fully saturated rings. The van der Waals surface area contributed by atoms with E-state index in [0.29, 0.717) is 33.7 Å². The first-order chi connectivity index (χ1) is 12.7. The van der Waals surface area contributed by atoms with Crippen molar-refractivity contribution in [3.05, 3.63) is 59.9 Å². The molecule has 9 heteroatoms. The molecule has 0 saturated heterocycles. The molecule has 0 saturated carbocycles. The zero-order chi connectivity index (χ0) is 19.4. The fourth-order valence-corrected chi connectivity index (χ4v) is 3.38. The number of rotatable bonds is 2. The first-order valence-corrected chi connectivity index (χ1v) is 8.88. The lowest BCUT2D eigenvalue weighted by Crippen LogP contribution is -2.28. The Labute approximate surface area is 151 Å². The van der Waals surface area contributed by atoms with Gasteiger partial charge < -0.3 is 8.92 Å². The van der Waals surface area contributed by atoms with Gasteiger partial charge >= 0.3 is 15.6 Å². The Morgan fingerprint density at radius 1 is 1.00 bits per heavy atom. The highest BCUT2D eigenvalue weighted by Crippen LogP contribution is 2.49. The average molecular weight is 391 g/mol. The lowest BCUT2D eigenvalue weighted by atomic mass is 9.94. The van der Waals surface area contributed by atoms with Crippen LogP contribution in [0.15, 0.2) is 48.5 Å². The highest BCUT2D eigenvalue weighted by Gasteiger charge is 2.48. The minimum absolute atomic E-state index is 0.165. The van der Waals surface area contributed by atoms with E-state index in [1.165, 1.54) is 24.3 Å². The van der Waals surface area contributed by atoms with Gasteiger partial charge in [0.25, 0.3) is 0 Å². The molecule has 0 atom stereocenters. The van der Waals surface area contributed by atoms with Gasteiger partial charge in [0.1, 0.15) is 11.5 Å². The first kappa shape index (κ1) is 17.2. The fourth-order valence-electron chi connectivity index (χ4n) is 2.90. The molecule has 4 rings (SSSR count). The van der Waals surface area contributed by atoms with E-state index in [4.69, 9.17) is 11.3 Å². The van der Waals surface area contributed by atoms with Crippen molar-refractivity contribution in [2.24, 2.45) is 0 Å². The summed E-state index contributed by atoms with van der Waals surface area (Å²) in [4.78, 5) is 3.34. The number of halogens is 3. The molecule has 0 radical (unpaired) electrons. The van der Waals surface area contributed by atoms with Gasteiger partial charge in [-0.25, -0.2) is 4.85 Å². The molecule has 0 bridgehead atoms. The molecule has 3 aromatic rings. The van der Waals surface area contributed by atoms with Crippen LogP contribution >= 0.6 is 0 Å². The number of alkyl halides is 3. The Morgan fingerprint density at radius 2 is 1.74 bits per heavy atom. The standard InChI is InChI=1S/C18H8F3NO4S/c1-22-10-5-6-11-12-7-8-14(26-27(23,24)18(19,20)21)13-3-2-4-15(17(12)13)25-16(11)9-10/h2-9H. The van der Waals surface area contributed by atoms with Gasteiger partial charge in [0.15, 0.2) is 11.4 Å². The van der Waals surface area contributed by atoms with Crippen LogP contribution in [0.5, 0.6) is 17.2 Å². The molecule has 0 spiro atoms. The first-order valence-electron chi connectivity index (χ1n) is 7.47. The third kappa shape index (κ3) is 2.65. The van der Waals surface area contributed by atoms with Crippen molar-refractivity contribution in [2.45, 2.75) is 5.51 Å². The predicted octanol–water partition coefficient (Wildman–Crippen LogP) is 5.39. The molecule has 0 N–H and O–H groups in total. The van der Waals surface area contributed by atoms with Crippen LogP contribution in [-0.2, 0) is 10.1 Å². The van der Waals surface area contributed by atoms with Gasteiger partial charge in [0, 0.05) is 16.3 Å². The Bertz CT molecular complexity index is 1240. The normalized spacial score (nSPS) is 12.8. The van der Waals surface area contributed by atoms with Crippen molar-refractivity contribution in [1.82, 2.24) is 0 Å². The Hall–Kier alpha value is -3.25. The van der Waals surface area contributed by atoms with E-state index in [-0.39, 0.29) is 5.39 Å². The van der Waals surface area contributed by atoms with Crippen LogP contribution in [0.1, 0.15) is 0 Å². The molecule has 1 heterocycles. The molecule has 136 valence electrons. The largest absolute Gasteiger partial charge is 0.534 e. The molecule has 0 amide bonds. The van der Waals surface area contributed by atoms with Crippen molar-refractivity contribution in [2.75, 3.05) is 0 Å². The fraction of sp³-hybridized carbons (Fsp3) is 0.0556. The summed E-state index contributed by atoms with van der Waals surface area (Å²) in [7, 11) is -5.80. The number of hydrogen-bond acceptors (Lipinski definition) is 4. The van der Waals surface area contributed by atoms with Gasteiger partial charge in [0.2, 0.25) is 0 Å². The van der Waals surface area contributed by atoms with Crippen molar-refractivity contribution in [3.8, 4) is 28.4 Å². The number of nitrogens with zero attached hydrogens (tertiary/aromatic N) is 1. The monoisotopic (exact) mass is 391 g/mol. The molecule has 0 aliphatic carbocycles. The Balaban J connectivity index is 1.93. The number of hydrogen-bond donors (Lipinski definition) is 0. The number of ether oxygens (including phenoxy) is 1. The molecular weight excluding hydrogens is 383 g/mol. The molecule has 27 heavy (non-hydrogen) atoms. The van der Waals surface area contributed by atoms with E-state index in [9.17, 15) is 21.6 Å². The molecule has 5 nitrogen and oxygen atoms in total. The smallest absolute Gasteiger partial charge is 0.457 e. The molecule has 0 aromatic heterocycles. The van der Waals surface area contributed by atoms with Crippen LogP contribution in [-0.4, -0.2) is 13.9 Å². The SMILES string of the molecule is [C-]#[N+]c1ccc2c(c1)Oc1cccc3c(OS(=O)(=O)C(F)(F)F)ccc-2c13. The van der Waals surface area contributed by atoms with Gasteiger partial charge in [-0.05, 0) is 29.8 Å². The van der Waals surface area contributed by atoms with E-state index in [1.807, 2.05) is 0 Å². The van der Waals surface area contributed by atoms with E-state index in [2.05, 4.69) is 9.03 Å². The second-order valence-corrected chi connectivity index (χ2v) is 7.21. The Kier molecular flexibility index (Phi) is 3.58. The van der Waals surface area contributed by atoms with E-state index >= 15 is 0 Å². The summed E-state index contributed by atoms with van der Waals surface area (Å²) in [5.74, 6) is 0.310. The third-order valence-corrected chi connectivity index (χ3v) is 5.02. The maximum atomic E-state index is 12.7. The third-order valence-electron chi connectivity index (χ3n) is 4.05. The zero-order valence-corrected chi connectivity index (χ0v) is 14.1. The van der Waals surface area contributed by atoms with Gasteiger partial charge in [0.05, 0.1) is 6.57 Å². The maximum Gasteiger partial charge on any atom is 0.534 e. The van der Waals surface area contributed by atoms with Crippen LogP contribution in [0.2, 0.25) is 0 Å². The van der Waals surface area contributed by atoms with Crippen molar-refractivity contribution >= 4 is 26.6 Å². The van der Waals surface area contributed by atoms with E-state index < -0.39 is 21.4 Å². The molecule has 1 aliphatic heterocycles. The minimum atomic E-state index is -5.80. The zero-order valence-electron chi connectivity index (χ0n) is 13.2. The highest BCUT2D eigenvalue weighted by molar-refractivity contribution is 7.88. The lowest BCUT2D eigenvalue weighted by molar-refractivity contribution is -0.0499. The van der Waals surface area contributed by atoms with Crippen LogP contribution in [0.25, 0.3) is 26.7 Å². The maximum absolute atomic E-state index is 12.7. The molecule has 1 aliphatic rings. The molecule has 0 unspecified atom stereocenters. The summed E-state index contributed by atoms with van der Waals surface area (Å²) in [6, 6.07) is 12.0. The summed E-state index contributed by atoms with van der Waals surface area (Å²) in [6.07, 6.45) is 0. The summed E-state index contributed by atoms with van der Waals surface area (Å²) in [5, 5.41) is 0.591. The van der Waals surface area contributed by atoms with Crippen LogP contribution in [0.3, 0.4) is 0 Å². The molecule has 3 aromatic carbocycles. The minimum Gasteiger partial charge on any atom is -0.457 e.